The van der Waals surface area contributed by atoms with Crippen molar-refractivity contribution in [1.82, 2.24) is 0 Å². The molecule has 0 saturated heterocycles. The summed E-state index contributed by atoms with van der Waals surface area (Å²) in [4.78, 5) is 0. The predicted molar refractivity (Wildman–Crippen MR) is 38.2 cm³/mol. The molecule has 0 unspecified atom stereocenters. The Labute approximate surface area is 68.0 Å². The minimum atomic E-state index is -4.33. The molecule has 0 bridgehead atoms. The summed E-state index contributed by atoms with van der Waals surface area (Å²) in [5, 5.41) is 0. The van der Waals surface area contributed by atoms with Crippen LogP contribution in [-0.4, -0.2) is 0 Å². The Morgan fingerprint density at radius 3 is 2.58 bits per heavy atom. The Hall–Kier alpha value is -1.03. The summed E-state index contributed by atoms with van der Waals surface area (Å²) in [6, 6.07) is 5.84. The molecule has 1 radical (unpaired) electrons. The fraction of sp³-hybridized carbons (Fsp3) is 0.250. The van der Waals surface area contributed by atoms with Crippen LogP contribution in [0.2, 0.25) is 0 Å². The van der Waals surface area contributed by atoms with Crippen molar-refractivity contribution in [3.8, 4) is 0 Å². The van der Waals surface area contributed by atoms with Crippen LogP contribution in [0.15, 0.2) is 18.2 Å². The average Bonchev–Trinajstić information content (AvgIpc) is 2.03. The van der Waals surface area contributed by atoms with Crippen molar-refractivity contribution >= 4 is 0 Å². The van der Waals surface area contributed by atoms with Crippen molar-refractivity contribution in [3.05, 3.63) is 35.4 Å². The SMILES string of the molecule is NCc1cc[c]c(C(F)(F)F)c1. The van der Waals surface area contributed by atoms with Gasteiger partial charge < -0.3 is 5.73 Å². The van der Waals surface area contributed by atoms with Crippen LogP contribution in [0.25, 0.3) is 0 Å². The van der Waals surface area contributed by atoms with Gasteiger partial charge in [0.1, 0.15) is 0 Å². The average molecular weight is 174 g/mol. The summed E-state index contributed by atoms with van der Waals surface area (Å²) in [5.41, 5.74) is 4.87. The second-order valence-electron chi connectivity index (χ2n) is 2.31. The van der Waals surface area contributed by atoms with Crippen LogP contribution in [0.1, 0.15) is 11.1 Å². The van der Waals surface area contributed by atoms with Crippen LogP contribution in [0.3, 0.4) is 0 Å². The van der Waals surface area contributed by atoms with Crippen LogP contribution in [0.4, 0.5) is 13.2 Å². The predicted octanol–water partition coefficient (Wildman–Crippen LogP) is 1.96. The van der Waals surface area contributed by atoms with Gasteiger partial charge in [-0.05, 0) is 17.7 Å². The van der Waals surface area contributed by atoms with Gasteiger partial charge in [-0.15, -0.1) is 0 Å². The van der Waals surface area contributed by atoms with Crippen molar-refractivity contribution in [2.45, 2.75) is 12.7 Å². The van der Waals surface area contributed by atoms with E-state index in [4.69, 9.17) is 5.73 Å². The molecular weight excluding hydrogens is 167 g/mol. The maximum absolute atomic E-state index is 12.0. The molecule has 1 rings (SSSR count). The van der Waals surface area contributed by atoms with Gasteiger partial charge in [-0.3, -0.25) is 0 Å². The number of rotatable bonds is 1. The minimum absolute atomic E-state index is 0.109. The van der Waals surface area contributed by atoms with E-state index in [2.05, 4.69) is 6.07 Å². The lowest BCUT2D eigenvalue weighted by Gasteiger charge is -2.06. The smallest absolute Gasteiger partial charge is 0.326 e. The number of hydrogen-bond acceptors (Lipinski definition) is 1. The number of hydrogen-bond donors (Lipinski definition) is 1. The summed E-state index contributed by atoms with van der Waals surface area (Å²) >= 11 is 0. The van der Waals surface area contributed by atoms with Crippen LogP contribution in [0.5, 0.6) is 0 Å². The highest BCUT2D eigenvalue weighted by Gasteiger charge is 2.30. The Morgan fingerprint density at radius 2 is 2.08 bits per heavy atom. The van der Waals surface area contributed by atoms with Crippen LogP contribution in [0, 0.1) is 6.07 Å². The molecule has 0 saturated carbocycles. The zero-order valence-corrected chi connectivity index (χ0v) is 6.15. The Kier molecular flexibility index (Phi) is 2.38. The first-order chi connectivity index (χ1) is 5.54. The standard InChI is InChI=1S/C8H7F3N/c9-8(10,11)7-3-1-2-6(4-7)5-12/h1-2,4H,5,12H2. The molecule has 0 aliphatic heterocycles. The van der Waals surface area contributed by atoms with E-state index in [1.54, 1.807) is 0 Å². The van der Waals surface area contributed by atoms with Gasteiger partial charge >= 0.3 is 6.18 Å². The quantitative estimate of drug-likeness (QED) is 0.692. The highest BCUT2D eigenvalue weighted by molar-refractivity contribution is 5.24. The van der Waals surface area contributed by atoms with Gasteiger partial charge in [0, 0.05) is 6.54 Å². The van der Waals surface area contributed by atoms with Gasteiger partial charge in [-0.25, -0.2) is 0 Å². The van der Waals surface area contributed by atoms with Crippen molar-refractivity contribution in [2.24, 2.45) is 5.73 Å². The fourth-order valence-corrected chi connectivity index (χ4v) is 0.804. The molecule has 1 aromatic rings. The summed E-state index contributed by atoms with van der Waals surface area (Å²) in [5.74, 6) is 0. The van der Waals surface area contributed by atoms with E-state index in [1.807, 2.05) is 0 Å². The van der Waals surface area contributed by atoms with Gasteiger partial charge in [0.05, 0.1) is 5.56 Å². The molecule has 12 heavy (non-hydrogen) atoms. The monoisotopic (exact) mass is 174 g/mol. The molecule has 2 N–H and O–H groups in total. The first-order valence-electron chi connectivity index (χ1n) is 3.32. The molecule has 0 aliphatic rings. The molecule has 0 aromatic heterocycles. The topological polar surface area (TPSA) is 26.0 Å². The van der Waals surface area contributed by atoms with Gasteiger partial charge in [-0.1, -0.05) is 12.1 Å². The molecular formula is C8H7F3N. The molecule has 0 spiro atoms. The molecule has 4 heteroatoms. The summed E-state index contributed by atoms with van der Waals surface area (Å²) < 4.78 is 36.1. The van der Waals surface area contributed by atoms with Crippen molar-refractivity contribution in [2.75, 3.05) is 0 Å². The lowest BCUT2D eigenvalue weighted by atomic mass is 10.1. The molecule has 0 aliphatic carbocycles. The summed E-state index contributed by atoms with van der Waals surface area (Å²) in [6.45, 7) is 0.109. The highest BCUT2D eigenvalue weighted by atomic mass is 19.4. The first-order valence-corrected chi connectivity index (χ1v) is 3.32. The van der Waals surface area contributed by atoms with Gasteiger partial charge in [-0.2, -0.15) is 13.2 Å². The van der Waals surface area contributed by atoms with Gasteiger partial charge in [0.15, 0.2) is 0 Å². The molecule has 0 fully saturated rings. The fourth-order valence-electron chi connectivity index (χ4n) is 0.804. The van der Waals surface area contributed by atoms with Gasteiger partial charge in [0.25, 0.3) is 0 Å². The van der Waals surface area contributed by atoms with E-state index in [1.165, 1.54) is 12.1 Å². The zero-order valence-electron chi connectivity index (χ0n) is 6.15. The largest absolute Gasteiger partial charge is 0.417 e. The van der Waals surface area contributed by atoms with Crippen LogP contribution < -0.4 is 5.73 Å². The molecule has 1 aromatic carbocycles. The molecule has 1 nitrogen and oxygen atoms in total. The van der Waals surface area contributed by atoms with E-state index >= 15 is 0 Å². The lowest BCUT2D eigenvalue weighted by molar-refractivity contribution is -0.137. The summed E-state index contributed by atoms with van der Waals surface area (Å²) in [7, 11) is 0. The lowest BCUT2D eigenvalue weighted by Crippen LogP contribution is -2.06. The van der Waals surface area contributed by atoms with Crippen LogP contribution in [-0.2, 0) is 12.7 Å². The third kappa shape index (κ3) is 1.98. The Morgan fingerprint density at radius 1 is 1.42 bits per heavy atom. The van der Waals surface area contributed by atoms with E-state index in [9.17, 15) is 13.2 Å². The number of nitrogens with two attached hydrogens (primary N) is 1. The third-order valence-electron chi connectivity index (χ3n) is 1.41. The van der Waals surface area contributed by atoms with E-state index in [0.29, 0.717) is 5.56 Å². The highest BCUT2D eigenvalue weighted by Crippen LogP contribution is 2.28. The number of halogens is 3. The Balaban J connectivity index is 3.02. The van der Waals surface area contributed by atoms with E-state index in [-0.39, 0.29) is 6.54 Å². The second kappa shape index (κ2) is 3.15. The minimum Gasteiger partial charge on any atom is -0.326 e. The molecule has 0 atom stereocenters. The number of alkyl halides is 3. The molecule has 0 amide bonds. The summed E-state index contributed by atoms with van der Waals surface area (Å²) in [6.07, 6.45) is -4.33. The number of benzene rings is 1. The second-order valence-corrected chi connectivity index (χ2v) is 2.31. The van der Waals surface area contributed by atoms with Crippen molar-refractivity contribution in [1.29, 1.82) is 0 Å². The normalized spacial score (nSPS) is 11.7. The van der Waals surface area contributed by atoms with E-state index < -0.39 is 11.7 Å². The van der Waals surface area contributed by atoms with Crippen molar-refractivity contribution < 1.29 is 13.2 Å². The Bertz CT molecular complexity index is 267. The third-order valence-corrected chi connectivity index (χ3v) is 1.41. The first kappa shape index (κ1) is 9.06. The van der Waals surface area contributed by atoms with Crippen LogP contribution >= 0.6 is 0 Å². The maximum atomic E-state index is 12.0. The molecule has 0 heterocycles. The molecule has 65 valence electrons. The van der Waals surface area contributed by atoms with Crippen molar-refractivity contribution in [3.63, 3.8) is 0 Å². The van der Waals surface area contributed by atoms with E-state index in [0.717, 1.165) is 6.07 Å². The maximum Gasteiger partial charge on any atom is 0.417 e. The van der Waals surface area contributed by atoms with Gasteiger partial charge in [0.2, 0.25) is 0 Å². The zero-order chi connectivity index (χ0) is 9.19.